The van der Waals surface area contributed by atoms with Crippen LogP contribution in [0.3, 0.4) is 0 Å². The Balaban J connectivity index is 2.36. The molecular weight excluding hydrogens is 250 g/mol. The minimum Gasteiger partial charge on any atom is -0.383 e. The van der Waals surface area contributed by atoms with E-state index in [1.165, 1.54) is 0 Å². The van der Waals surface area contributed by atoms with Crippen molar-refractivity contribution < 1.29 is 9.90 Å². The quantitative estimate of drug-likeness (QED) is 0.908. The Morgan fingerprint density at radius 2 is 1.85 bits per heavy atom. The molecule has 0 aliphatic carbocycles. The third kappa shape index (κ3) is 3.17. The molecule has 0 radical (unpaired) electrons. The summed E-state index contributed by atoms with van der Waals surface area (Å²) in [5.41, 5.74) is 0.874. The molecule has 2 rings (SSSR count). The van der Waals surface area contributed by atoms with E-state index in [0.717, 1.165) is 11.3 Å². The van der Waals surface area contributed by atoms with Crippen LogP contribution in [0.5, 0.6) is 0 Å². The van der Waals surface area contributed by atoms with Crippen molar-refractivity contribution >= 4 is 5.78 Å². The first-order valence-corrected chi connectivity index (χ1v) is 6.81. The summed E-state index contributed by atoms with van der Waals surface area (Å²) in [5.74, 6) is -0.178. The third-order valence-electron chi connectivity index (χ3n) is 3.61. The number of carbonyl (C=O) groups is 1. The second kappa shape index (κ2) is 5.63. The number of ketones is 1. The van der Waals surface area contributed by atoms with E-state index >= 15 is 0 Å². The summed E-state index contributed by atoms with van der Waals surface area (Å²) in [6.45, 7) is 3.09. The zero-order valence-corrected chi connectivity index (χ0v) is 12.2. The van der Waals surface area contributed by atoms with Crippen molar-refractivity contribution in [1.82, 2.24) is 4.57 Å². The number of aliphatic hydroxyl groups is 1. The molecule has 3 heteroatoms. The molecule has 20 heavy (non-hydrogen) atoms. The second-order valence-corrected chi connectivity index (χ2v) is 5.69. The topological polar surface area (TPSA) is 42.2 Å². The van der Waals surface area contributed by atoms with E-state index in [1.54, 1.807) is 13.8 Å². The van der Waals surface area contributed by atoms with Crippen molar-refractivity contribution in [1.29, 1.82) is 0 Å². The molecule has 0 amide bonds. The molecule has 0 spiro atoms. The Bertz CT molecular complexity index is 579. The highest BCUT2D eigenvalue weighted by Gasteiger charge is 2.28. The molecule has 106 valence electrons. The van der Waals surface area contributed by atoms with Crippen LogP contribution in [0, 0.1) is 0 Å². The Kier molecular flexibility index (Phi) is 4.09. The molecule has 0 unspecified atom stereocenters. The van der Waals surface area contributed by atoms with E-state index in [1.807, 2.05) is 60.3 Å². The summed E-state index contributed by atoms with van der Waals surface area (Å²) < 4.78 is 2.02. The maximum atomic E-state index is 12.2. The SMILES string of the molecule is Cn1cccc1[C@H](CC(=O)C(C)(C)O)c1ccccc1. The summed E-state index contributed by atoms with van der Waals surface area (Å²) in [7, 11) is 1.97. The van der Waals surface area contributed by atoms with E-state index in [0.29, 0.717) is 6.42 Å². The lowest BCUT2D eigenvalue weighted by Crippen LogP contribution is -2.32. The van der Waals surface area contributed by atoms with Gasteiger partial charge in [-0.3, -0.25) is 4.79 Å². The van der Waals surface area contributed by atoms with E-state index in [-0.39, 0.29) is 11.7 Å². The molecule has 0 bridgehead atoms. The molecule has 1 heterocycles. The lowest BCUT2D eigenvalue weighted by Gasteiger charge is -2.22. The number of nitrogens with zero attached hydrogens (tertiary/aromatic N) is 1. The molecule has 0 saturated carbocycles. The first-order valence-electron chi connectivity index (χ1n) is 6.81. The summed E-state index contributed by atoms with van der Waals surface area (Å²) in [6.07, 6.45) is 2.27. The molecule has 2 aromatic rings. The van der Waals surface area contributed by atoms with Crippen molar-refractivity contribution in [3.05, 3.63) is 59.9 Å². The standard InChI is InChI=1S/C17H21NO2/c1-17(2,20)16(19)12-14(13-8-5-4-6-9-13)15-10-7-11-18(15)3/h4-11,14,20H,12H2,1-3H3/t14-/m1/s1. The predicted octanol–water partition coefficient (Wildman–Crippen LogP) is 2.89. The van der Waals surface area contributed by atoms with Crippen molar-refractivity contribution in [2.75, 3.05) is 0 Å². The Morgan fingerprint density at radius 3 is 2.35 bits per heavy atom. The van der Waals surface area contributed by atoms with Crippen molar-refractivity contribution in [3.63, 3.8) is 0 Å². The van der Waals surface area contributed by atoms with Crippen LogP contribution in [0.1, 0.15) is 37.4 Å². The summed E-state index contributed by atoms with van der Waals surface area (Å²) in [6, 6.07) is 13.9. The minimum absolute atomic E-state index is 0.0323. The van der Waals surface area contributed by atoms with Gasteiger partial charge in [-0.15, -0.1) is 0 Å². The number of aromatic nitrogens is 1. The van der Waals surface area contributed by atoms with Gasteiger partial charge in [-0.1, -0.05) is 30.3 Å². The summed E-state index contributed by atoms with van der Waals surface area (Å²) >= 11 is 0. The van der Waals surface area contributed by atoms with Gasteiger partial charge in [0.1, 0.15) is 5.60 Å². The zero-order chi connectivity index (χ0) is 14.8. The van der Waals surface area contributed by atoms with Gasteiger partial charge in [-0.25, -0.2) is 0 Å². The van der Waals surface area contributed by atoms with Gasteiger partial charge in [0.25, 0.3) is 0 Å². The van der Waals surface area contributed by atoms with Crippen LogP contribution in [0.2, 0.25) is 0 Å². The number of hydrogen-bond acceptors (Lipinski definition) is 2. The largest absolute Gasteiger partial charge is 0.383 e. The van der Waals surface area contributed by atoms with Crippen LogP contribution < -0.4 is 0 Å². The zero-order valence-electron chi connectivity index (χ0n) is 12.2. The molecule has 1 N–H and O–H groups in total. The van der Waals surface area contributed by atoms with Gasteiger partial charge in [0.05, 0.1) is 0 Å². The Morgan fingerprint density at radius 1 is 1.20 bits per heavy atom. The van der Waals surface area contributed by atoms with Crippen LogP contribution in [0.25, 0.3) is 0 Å². The van der Waals surface area contributed by atoms with Gasteiger partial charge < -0.3 is 9.67 Å². The number of Topliss-reactive ketones (excluding diaryl/α,β-unsaturated/α-hetero) is 1. The summed E-state index contributed by atoms with van der Waals surface area (Å²) in [5, 5.41) is 9.89. The second-order valence-electron chi connectivity index (χ2n) is 5.69. The van der Waals surface area contributed by atoms with Gasteiger partial charge >= 0.3 is 0 Å². The smallest absolute Gasteiger partial charge is 0.164 e. The van der Waals surface area contributed by atoms with Crippen LogP contribution in [-0.4, -0.2) is 21.1 Å². The molecule has 1 aromatic heterocycles. The normalized spacial score (nSPS) is 13.2. The average molecular weight is 271 g/mol. The lowest BCUT2D eigenvalue weighted by atomic mass is 9.86. The molecule has 1 aromatic carbocycles. The van der Waals surface area contributed by atoms with E-state index in [9.17, 15) is 9.90 Å². The van der Waals surface area contributed by atoms with Crippen LogP contribution >= 0.6 is 0 Å². The fraction of sp³-hybridized carbons (Fsp3) is 0.353. The number of rotatable bonds is 5. The lowest BCUT2D eigenvalue weighted by molar-refractivity contribution is -0.134. The predicted molar refractivity (Wildman–Crippen MR) is 79.6 cm³/mol. The van der Waals surface area contributed by atoms with Crippen LogP contribution in [0.15, 0.2) is 48.7 Å². The number of benzene rings is 1. The van der Waals surface area contributed by atoms with Gasteiger partial charge in [-0.2, -0.15) is 0 Å². The van der Waals surface area contributed by atoms with Gasteiger partial charge in [0, 0.05) is 31.3 Å². The van der Waals surface area contributed by atoms with Gasteiger partial charge in [-0.05, 0) is 31.5 Å². The Hall–Kier alpha value is -1.87. The van der Waals surface area contributed by atoms with Crippen molar-refractivity contribution in [2.24, 2.45) is 7.05 Å². The van der Waals surface area contributed by atoms with Crippen LogP contribution in [-0.2, 0) is 11.8 Å². The first kappa shape index (κ1) is 14.5. The average Bonchev–Trinajstić information content (AvgIpc) is 2.81. The fourth-order valence-corrected chi connectivity index (χ4v) is 2.35. The van der Waals surface area contributed by atoms with Gasteiger partial charge in [0.2, 0.25) is 0 Å². The molecule has 3 nitrogen and oxygen atoms in total. The highest BCUT2D eigenvalue weighted by Crippen LogP contribution is 2.29. The third-order valence-corrected chi connectivity index (χ3v) is 3.61. The number of hydrogen-bond donors (Lipinski definition) is 1. The molecule has 0 aliphatic rings. The number of aryl methyl sites for hydroxylation is 1. The van der Waals surface area contributed by atoms with E-state index in [2.05, 4.69) is 0 Å². The van der Waals surface area contributed by atoms with E-state index in [4.69, 9.17) is 0 Å². The van der Waals surface area contributed by atoms with Gasteiger partial charge in [0.15, 0.2) is 5.78 Å². The van der Waals surface area contributed by atoms with Crippen LogP contribution in [0.4, 0.5) is 0 Å². The monoisotopic (exact) mass is 271 g/mol. The summed E-state index contributed by atoms with van der Waals surface area (Å²) in [4.78, 5) is 12.2. The molecule has 0 saturated heterocycles. The maximum absolute atomic E-state index is 12.2. The molecule has 1 atom stereocenters. The number of carbonyl (C=O) groups excluding carboxylic acids is 1. The minimum atomic E-state index is -1.29. The van der Waals surface area contributed by atoms with Crippen molar-refractivity contribution in [2.45, 2.75) is 31.8 Å². The van der Waals surface area contributed by atoms with Crippen molar-refractivity contribution in [3.8, 4) is 0 Å². The first-order chi connectivity index (χ1) is 9.39. The maximum Gasteiger partial charge on any atom is 0.164 e. The van der Waals surface area contributed by atoms with E-state index < -0.39 is 5.60 Å². The highest BCUT2D eigenvalue weighted by molar-refractivity contribution is 5.87. The molecule has 0 aliphatic heterocycles. The molecule has 0 fully saturated rings. The molecular formula is C17H21NO2. The fourth-order valence-electron chi connectivity index (χ4n) is 2.35. The highest BCUT2D eigenvalue weighted by atomic mass is 16.3. The Labute approximate surface area is 119 Å².